The predicted octanol–water partition coefficient (Wildman–Crippen LogP) is 0.0576. The van der Waals surface area contributed by atoms with E-state index >= 15 is 0 Å². The number of ether oxygens (including phenoxy) is 1. The normalized spacial score (nSPS) is 18.0. The van der Waals surface area contributed by atoms with Crippen molar-refractivity contribution < 1.29 is 23.2 Å². The average Bonchev–Trinajstić information content (AvgIpc) is 3.14. The van der Waals surface area contributed by atoms with Crippen molar-refractivity contribution in [2.75, 3.05) is 19.7 Å². The lowest BCUT2D eigenvalue weighted by Crippen LogP contribution is -2.31. The van der Waals surface area contributed by atoms with Crippen LogP contribution < -0.4 is 10.2 Å². The van der Waals surface area contributed by atoms with Gasteiger partial charge in [0.15, 0.2) is 0 Å². The maximum absolute atomic E-state index is 12.5. The van der Waals surface area contributed by atoms with Gasteiger partial charge in [0.2, 0.25) is 10.0 Å². The average molecular weight is 310 g/mol. The van der Waals surface area contributed by atoms with Gasteiger partial charge in [-0.3, -0.25) is 10.0 Å². The molecule has 2 heterocycles. The van der Waals surface area contributed by atoms with E-state index in [2.05, 4.69) is 0 Å². The predicted molar refractivity (Wildman–Crippen MR) is 72.4 cm³/mol. The fraction of sp³-hybridized carbons (Fsp3) is 0.308. The van der Waals surface area contributed by atoms with Crippen LogP contribution in [0.3, 0.4) is 0 Å². The number of nitrogens with one attached hydrogen (secondary N) is 1. The number of hydrogen-bond acceptors (Lipinski definition) is 5. The first-order valence-electron chi connectivity index (χ1n) is 6.42. The third-order valence-electron chi connectivity index (χ3n) is 3.59. The molecule has 1 aromatic carbocycles. The zero-order valence-electron chi connectivity index (χ0n) is 11.1. The smallest absolute Gasteiger partial charge is 0.271 e. The van der Waals surface area contributed by atoms with Crippen molar-refractivity contribution in [2.24, 2.45) is 0 Å². The summed E-state index contributed by atoms with van der Waals surface area (Å²) in [5.74, 6) is -0.0958. The molecule has 2 aliphatic rings. The molecule has 7 nitrogen and oxygen atoms in total. The summed E-state index contributed by atoms with van der Waals surface area (Å²) in [5.41, 5.74) is 2.72. The lowest BCUT2D eigenvalue weighted by molar-refractivity contribution is -0.125. The van der Waals surface area contributed by atoms with E-state index < -0.39 is 15.9 Å². The molecule has 21 heavy (non-hydrogen) atoms. The molecule has 112 valence electrons. The Morgan fingerprint density at radius 3 is 2.95 bits per heavy atom. The summed E-state index contributed by atoms with van der Waals surface area (Å²) in [6.07, 6.45) is 2.26. The summed E-state index contributed by atoms with van der Waals surface area (Å²) in [7, 11) is -3.70. The van der Waals surface area contributed by atoms with Crippen LogP contribution in [0.2, 0.25) is 0 Å². The number of hydroxylamine groups is 1. The molecular weight excluding hydrogens is 296 g/mol. The van der Waals surface area contributed by atoms with Crippen molar-refractivity contribution in [1.82, 2.24) is 9.79 Å². The van der Waals surface area contributed by atoms with Gasteiger partial charge in [-0.05, 0) is 11.6 Å². The SMILES string of the molecule is O=C(NO)C1=CCN(S(=O)(=O)c2ccc3c(c2)OCC3)C1. The quantitative estimate of drug-likeness (QED) is 0.608. The summed E-state index contributed by atoms with van der Waals surface area (Å²) in [4.78, 5) is 11.4. The lowest BCUT2D eigenvalue weighted by Gasteiger charge is -2.16. The molecule has 3 rings (SSSR count). The highest BCUT2D eigenvalue weighted by molar-refractivity contribution is 7.89. The second-order valence-electron chi connectivity index (χ2n) is 4.84. The van der Waals surface area contributed by atoms with Crippen LogP contribution in [-0.2, 0) is 21.2 Å². The van der Waals surface area contributed by atoms with E-state index in [0.29, 0.717) is 12.4 Å². The van der Waals surface area contributed by atoms with E-state index in [0.717, 1.165) is 12.0 Å². The van der Waals surface area contributed by atoms with Gasteiger partial charge in [0, 0.05) is 31.1 Å². The number of carbonyl (C=O) groups excluding carboxylic acids is 1. The summed E-state index contributed by atoms with van der Waals surface area (Å²) in [6, 6.07) is 4.81. The number of benzene rings is 1. The molecule has 0 spiro atoms. The van der Waals surface area contributed by atoms with Gasteiger partial charge in [-0.1, -0.05) is 12.1 Å². The zero-order valence-corrected chi connectivity index (χ0v) is 11.9. The van der Waals surface area contributed by atoms with E-state index in [4.69, 9.17) is 9.94 Å². The van der Waals surface area contributed by atoms with Crippen molar-refractivity contribution in [3.8, 4) is 5.75 Å². The van der Waals surface area contributed by atoms with Gasteiger partial charge in [-0.2, -0.15) is 4.31 Å². The monoisotopic (exact) mass is 310 g/mol. The van der Waals surface area contributed by atoms with Crippen LogP contribution in [0.15, 0.2) is 34.7 Å². The van der Waals surface area contributed by atoms with Gasteiger partial charge in [-0.25, -0.2) is 13.9 Å². The fourth-order valence-corrected chi connectivity index (χ4v) is 3.78. The van der Waals surface area contributed by atoms with Crippen molar-refractivity contribution in [3.05, 3.63) is 35.4 Å². The van der Waals surface area contributed by atoms with Crippen LogP contribution in [0, 0.1) is 0 Å². The van der Waals surface area contributed by atoms with E-state index in [9.17, 15) is 13.2 Å². The molecule has 0 unspecified atom stereocenters. The van der Waals surface area contributed by atoms with Crippen LogP contribution >= 0.6 is 0 Å². The first kappa shape index (κ1) is 14.1. The van der Waals surface area contributed by atoms with Crippen molar-refractivity contribution in [3.63, 3.8) is 0 Å². The number of rotatable bonds is 3. The second kappa shape index (κ2) is 5.14. The minimum atomic E-state index is -3.70. The Bertz CT molecular complexity index is 726. The van der Waals surface area contributed by atoms with E-state index in [1.165, 1.54) is 21.9 Å². The Morgan fingerprint density at radius 1 is 1.38 bits per heavy atom. The molecular formula is C13H14N2O5S. The Balaban J connectivity index is 1.84. The summed E-state index contributed by atoms with van der Waals surface area (Å²) >= 11 is 0. The summed E-state index contributed by atoms with van der Waals surface area (Å²) in [6.45, 7) is 0.598. The maximum Gasteiger partial charge on any atom is 0.271 e. The second-order valence-corrected chi connectivity index (χ2v) is 6.77. The van der Waals surface area contributed by atoms with E-state index in [1.54, 1.807) is 12.1 Å². The number of hydrogen-bond donors (Lipinski definition) is 2. The topological polar surface area (TPSA) is 95.9 Å². The van der Waals surface area contributed by atoms with Gasteiger partial charge >= 0.3 is 0 Å². The minimum Gasteiger partial charge on any atom is -0.493 e. The van der Waals surface area contributed by atoms with Crippen LogP contribution in [-0.4, -0.2) is 43.5 Å². The summed E-state index contributed by atoms with van der Waals surface area (Å²) in [5, 5.41) is 8.58. The van der Waals surface area contributed by atoms with Crippen molar-refractivity contribution in [1.29, 1.82) is 0 Å². The maximum atomic E-state index is 12.5. The Kier molecular flexibility index (Phi) is 3.44. The number of nitrogens with zero attached hydrogens (tertiary/aromatic N) is 1. The van der Waals surface area contributed by atoms with E-state index in [1.807, 2.05) is 0 Å². The minimum absolute atomic E-state index is 0.0628. The Morgan fingerprint density at radius 2 is 2.19 bits per heavy atom. The molecule has 0 fully saturated rings. The molecule has 0 aliphatic carbocycles. The van der Waals surface area contributed by atoms with Crippen LogP contribution in [0.25, 0.3) is 0 Å². The highest BCUT2D eigenvalue weighted by atomic mass is 32.2. The van der Waals surface area contributed by atoms with Crippen LogP contribution in [0.4, 0.5) is 0 Å². The third kappa shape index (κ3) is 2.41. The third-order valence-corrected chi connectivity index (χ3v) is 5.39. The molecule has 0 saturated heterocycles. The summed E-state index contributed by atoms with van der Waals surface area (Å²) < 4.78 is 31.6. The first-order valence-corrected chi connectivity index (χ1v) is 7.86. The van der Waals surface area contributed by atoms with Crippen molar-refractivity contribution in [2.45, 2.75) is 11.3 Å². The van der Waals surface area contributed by atoms with Crippen LogP contribution in [0.1, 0.15) is 5.56 Å². The van der Waals surface area contributed by atoms with Gasteiger partial charge in [0.1, 0.15) is 5.75 Å². The zero-order chi connectivity index (χ0) is 15.0. The molecule has 0 bridgehead atoms. The molecule has 0 radical (unpaired) electrons. The lowest BCUT2D eigenvalue weighted by atomic mass is 10.2. The molecule has 8 heteroatoms. The fourth-order valence-electron chi connectivity index (χ4n) is 2.41. The van der Waals surface area contributed by atoms with Gasteiger partial charge in [0.05, 0.1) is 11.5 Å². The Labute approximate surface area is 121 Å². The first-order chi connectivity index (χ1) is 10.0. The van der Waals surface area contributed by atoms with Gasteiger partial charge in [-0.15, -0.1) is 0 Å². The van der Waals surface area contributed by atoms with E-state index in [-0.39, 0.29) is 23.6 Å². The Hall–Kier alpha value is -1.90. The number of amides is 1. The molecule has 2 N–H and O–H groups in total. The van der Waals surface area contributed by atoms with Gasteiger partial charge in [0.25, 0.3) is 5.91 Å². The molecule has 0 saturated carbocycles. The molecule has 1 aromatic rings. The van der Waals surface area contributed by atoms with Crippen LogP contribution in [0.5, 0.6) is 5.75 Å². The highest BCUT2D eigenvalue weighted by Crippen LogP contribution is 2.30. The molecule has 1 amide bonds. The number of carbonyl (C=O) groups is 1. The highest BCUT2D eigenvalue weighted by Gasteiger charge is 2.31. The van der Waals surface area contributed by atoms with Gasteiger partial charge < -0.3 is 4.74 Å². The molecule has 2 aliphatic heterocycles. The largest absolute Gasteiger partial charge is 0.493 e. The number of fused-ring (bicyclic) bond motifs is 1. The van der Waals surface area contributed by atoms with Crippen molar-refractivity contribution >= 4 is 15.9 Å². The number of sulfonamides is 1. The molecule has 0 aromatic heterocycles. The molecule has 0 atom stereocenters. The standard InChI is InChI=1S/C13H14N2O5S/c16-13(14-17)10-3-5-15(8-10)21(18,19)11-2-1-9-4-6-20-12(9)7-11/h1-3,7,17H,4-6,8H2,(H,14,16).